The average molecular weight is 174 g/mol. The molecule has 0 atom stereocenters. The van der Waals surface area contributed by atoms with Gasteiger partial charge in [0.15, 0.2) is 6.35 Å². The largest absolute Gasteiger partial charge is 0.350 e. The maximum absolute atomic E-state index is 5.44. The molecule has 0 fully saturated rings. The van der Waals surface area contributed by atoms with Crippen LogP contribution in [0.3, 0.4) is 0 Å². The van der Waals surface area contributed by atoms with Gasteiger partial charge in [-0.25, -0.2) is 0 Å². The molecule has 0 spiro atoms. The minimum atomic E-state index is -0.0185. The SMILES string of the molecule is CCOC(NC(C)C)NC(C)C. The fourth-order valence-corrected chi connectivity index (χ4v) is 0.917. The summed E-state index contributed by atoms with van der Waals surface area (Å²) in [6.07, 6.45) is -0.0185. The molecule has 0 heterocycles. The van der Waals surface area contributed by atoms with Gasteiger partial charge in [0.2, 0.25) is 0 Å². The number of ether oxygens (including phenoxy) is 1. The van der Waals surface area contributed by atoms with Crippen molar-refractivity contribution in [2.24, 2.45) is 0 Å². The maximum Gasteiger partial charge on any atom is 0.163 e. The van der Waals surface area contributed by atoms with Crippen LogP contribution < -0.4 is 10.6 Å². The van der Waals surface area contributed by atoms with E-state index in [1.54, 1.807) is 0 Å². The molecule has 12 heavy (non-hydrogen) atoms. The Bertz CT molecular complexity index is 94.7. The molecule has 0 aliphatic carbocycles. The van der Waals surface area contributed by atoms with Crippen molar-refractivity contribution in [1.29, 1.82) is 0 Å². The lowest BCUT2D eigenvalue weighted by atomic mass is 10.4. The smallest absolute Gasteiger partial charge is 0.163 e. The van der Waals surface area contributed by atoms with E-state index in [4.69, 9.17) is 4.74 Å². The molecule has 0 unspecified atom stereocenters. The molecule has 0 radical (unpaired) electrons. The summed E-state index contributed by atoms with van der Waals surface area (Å²) in [5, 5.41) is 6.56. The van der Waals surface area contributed by atoms with Gasteiger partial charge in [0.05, 0.1) is 0 Å². The van der Waals surface area contributed by atoms with E-state index in [1.807, 2.05) is 6.92 Å². The van der Waals surface area contributed by atoms with Gasteiger partial charge < -0.3 is 4.74 Å². The van der Waals surface area contributed by atoms with Crippen molar-refractivity contribution in [1.82, 2.24) is 10.6 Å². The minimum Gasteiger partial charge on any atom is -0.350 e. The van der Waals surface area contributed by atoms with Crippen LogP contribution in [0.4, 0.5) is 0 Å². The third-order valence-electron chi connectivity index (χ3n) is 1.30. The molecule has 0 saturated carbocycles. The fraction of sp³-hybridized carbons (Fsp3) is 1.00. The molecule has 0 rings (SSSR count). The van der Waals surface area contributed by atoms with E-state index >= 15 is 0 Å². The highest BCUT2D eigenvalue weighted by molar-refractivity contribution is 4.60. The predicted octanol–water partition coefficient (Wildman–Crippen LogP) is 1.30. The quantitative estimate of drug-likeness (QED) is 0.596. The van der Waals surface area contributed by atoms with Crippen LogP contribution in [0, 0.1) is 0 Å². The monoisotopic (exact) mass is 174 g/mol. The molecule has 0 aliphatic heterocycles. The summed E-state index contributed by atoms with van der Waals surface area (Å²) in [6, 6.07) is 0.876. The van der Waals surface area contributed by atoms with Crippen LogP contribution in [-0.2, 0) is 4.74 Å². The minimum absolute atomic E-state index is 0.0185. The first-order valence-corrected chi connectivity index (χ1v) is 4.70. The summed E-state index contributed by atoms with van der Waals surface area (Å²) >= 11 is 0. The van der Waals surface area contributed by atoms with Crippen LogP contribution in [0.15, 0.2) is 0 Å². The molecule has 0 saturated heterocycles. The fourth-order valence-electron chi connectivity index (χ4n) is 0.917. The Morgan fingerprint density at radius 3 is 1.67 bits per heavy atom. The van der Waals surface area contributed by atoms with E-state index < -0.39 is 0 Å². The van der Waals surface area contributed by atoms with Crippen LogP contribution in [-0.4, -0.2) is 25.0 Å². The van der Waals surface area contributed by atoms with E-state index in [2.05, 4.69) is 38.3 Å². The number of hydrogen-bond donors (Lipinski definition) is 2. The van der Waals surface area contributed by atoms with Gasteiger partial charge in [-0.1, -0.05) is 0 Å². The van der Waals surface area contributed by atoms with Crippen molar-refractivity contribution in [3.05, 3.63) is 0 Å². The van der Waals surface area contributed by atoms with Gasteiger partial charge in [-0.05, 0) is 34.6 Å². The number of hydrogen-bond acceptors (Lipinski definition) is 3. The van der Waals surface area contributed by atoms with Crippen molar-refractivity contribution in [3.63, 3.8) is 0 Å². The molecule has 0 aromatic heterocycles. The Morgan fingerprint density at radius 2 is 1.42 bits per heavy atom. The standard InChI is InChI=1S/C9H22N2O/c1-6-12-9(10-7(2)3)11-8(4)5/h7-11H,6H2,1-5H3. The lowest BCUT2D eigenvalue weighted by molar-refractivity contribution is 0.00281. The van der Waals surface area contributed by atoms with Gasteiger partial charge in [0.25, 0.3) is 0 Å². The van der Waals surface area contributed by atoms with Crippen LogP contribution in [0.25, 0.3) is 0 Å². The van der Waals surface area contributed by atoms with Crippen molar-refractivity contribution in [2.75, 3.05) is 6.61 Å². The second-order valence-corrected chi connectivity index (χ2v) is 3.48. The summed E-state index contributed by atoms with van der Waals surface area (Å²) in [6.45, 7) is 11.1. The van der Waals surface area contributed by atoms with Crippen molar-refractivity contribution < 1.29 is 4.74 Å². The lowest BCUT2D eigenvalue weighted by Crippen LogP contribution is -2.49. The van der Waals surface area contributed by atoms with Crippen LogP contribution in [0.2, 0.25) is 0 Å². The Labute approximate surface area is 75.9 Å². The highest BCUT2D eigenvalue weighted by Gasteiger charge is 2.09. The van der Waals surface area contributed by atoms with Gasteiger partial charge in [-0.3, -0.25) is 10.6 Å². The Kier molecular flexibility index (Phi) is 6.34. The molecular formula is C9H22N2O. The van der Waals surface area contributed by atoms with E-state index in [9.17, 15) is 0 Å². The van der Waals surface area contributed by atoms with Gasteiger partial charge in [-0.15, -0.1) is 0 Å². The van der Waals surface area contributed by atoms with Crippen molar-refractivity contribution in [3.8, 4) is 0 Å². The zero-order valence-electron chi connectivity index (χ0n) is 8.85. The number of nitrogens with one attached hydrogen (secondary N) is 2. The summed E-state index contributed by atoms with van der Waals surface area (Å²) in [5.74, 6) is 0. The summed E-state index contributed by atoms with van der Waals surface area (Å²) in [5.41, 5.74) is 0. The van der Waals surface area contributed by atoms with Crippen LogP contribution >= 0.6 is 0 Å². The van der Waals surface area contributed by atoms with Crippen LogP contribution in [0.1, 0.15) is 34.6 Å². The first-order valence-electron chi connectivity index (χ1n) is 4.70. The second-order valence-electron chi connectivity index (χ2n) is 3.48. The van der Waals surface area contributed by atoms with Gasteiger partial charge in [-0.2, -0.15) is 0 Å². The Morgan fingerprint density at radius 1 is 1.00 bits per heavy atom. The molecule has 3 nitrogen and oxygen atoms in total. The molecule has 0 amide bonds. The van der Waals surface area contributed by atoms with E-state index in [0.717, 1.165) is 6.61 Å². The molecular weight excluding hydrogens is 152 g/mol. The summed E-state index contributed by atoms with van der Waals surface area (Å²) in [7, 11) is 0. The average Bonchev–Trinajstić information content (AvgIpc) is 1.84. The second kappa shape index (κ2) is 6.40. The molecule has 0 bridgehead atoms. The molecule has 2 N–H and O–H groups in total. The highest BCUT2D eigenvalue weighted by atomic mass is 16.5. The zero-order valence-corrected chi connectivity index (χ0v) is 8.85. The van der Waals surface area contributed by atoms with Crippen molar-refractivity contribution >= 4 is 0 Å². The predicted molar refractivity (Wildman–Crippen MR) is 52.0 cm³/mol. The lowest BCUT2D eigenvalue weighted by Gasteiger charge is -2.24. The first kappa shape index (κ1) is 11.9. The van der Waals surface area contributed by atoms with Gasteiger partial charge in [0, 0.05) is 18.7 Å². The molecule has 3 heteroatoms. The molecule has 74 valence electrons. The van der Waals surface area contributed by atoms with Gasteiger partial charge >= 0.3 is 0 Å². The van der Waals surface area contributed by atoms with Gasteiger partial charge in [0.1, 0.15) is 0 Å². The third kappa shape index (κ3) is 6.58. The third-order valence-corrected chi connectivity index (χ3v) is 1.30. The normalized spacial score (nSPS) is 12.0. The Hall–Kier alpha value is -0.120. The molecule has 0 aromatic rings. The number of rotatable bonds is 6. The zero-order chi connectivity index (χ0) is 9.56. The Balaban J connectivity index is 3.69. The van der Waals surface area contributed by atoms with E-state index in [-0.39, 0.29) is 6.35 Å². The molecule has 0 aromatic carbocycles. The summed E-state index contributed by atoms with van der Waals surface area (Å²) in [4.78, 5) is 0. The maximum atomic E-state index is 5.44. The van der Waals surface area contributed by atoms with Crippen LogP contribution in [0.5, 0.6) is 0 Å². The van der Waals surface area contributed by atoms with E-state index in [0.29, 0.717) is 12.1 Å². The highest BCUT2D eigenvalue weighted by Crippen LogP contribution is 1.89. The van der Waals surface area contributed by atoms with E-state index in [1.165, 1.54) is 0 Å². The van der Waals surface area contributed by atoms with Crippen molar-refractivity contribution in [2.45, 2.75) is 53.1 Å². The molecule has 0 aliphatic rings. The summed E-state index contributed by atoms with van der Waals surface area (Å²) < 4.78 is 5.44. The first-order chi connectivity index (χ1) is 5.56. The topological polar surface area (TPSA) is 33.3 Å².